The lowest BCUT2D eigenvalue weighted by atomic mass is 9.91. The second-order valence-corrected chi connectivity index (χ2v) is 9.57. The number of hydrogen-bond acceptors (Lipinski definition) is 4. The average molecular weight is 551 g/mol. The molecule has 1 unspecified atom stereocenters. The van der Waals surface area contributed by atoms with Gasteiger partial charge in [-0.05, 0) is 30.3 Å². The monoisotopic (exact) mass is 549 g/mol. The molecular formula is C27H21BrClN3O3. The van der Waals surface area contributed by atoms with Crippen molar-refractivity contribution in [1.82, 2.24) is 9.99 Å². The molecule has 3 aromatic carbocycles. The third-order valence-electron chi connectivity index (χ3n) is 6.14. The molecule has 35 heavy (non-hydrogen) atoms. The number of hydrazone groups is 1. The number of methoxy groups -OCH3 is 1. The van der Waals surface area contributed by atoms with E-state index in [2.05, 4.69) is 26.0 Å². The smallest absolute Gasteiger partial charge is 0.258 e. The van der Waals surface area contributed by atoms with Crippen molar-refractivity contribution in [1.29, 1.82) is 0 Å². The highest BCUT2D eigenvalue weighted by Crippen LogP contribution is 2.41. The molecule has 4 aromatic rings. The molecule has 1 aliphatic rings. The van der Waals surface area contributed by atoms with E-state index in [-0.39, 0.29) is 11.5 Å². The number of aromatic amines is 1. The quantitative estimate of drug-likeness (QED) is 0.323. The van der Waals surface area contributed by atoms with Crippen LogP contribution in [-0.4, -0.2) is 28.7 Å². The minimum absolute atomic E-state index is 0.227. The maximum Gasteiger partial charge on any atom is 0.258 e. The van der Waals surface area contributed by atoms with E-state index in [9.17, 15) is 9.59 Å². The number of nitrogens with one attached hydrogen (secondary N) is 1. The second-order valence-electron chi connectivity index (χ2n) is 8.25. The number of pyridine rings is 1. The third kappa shape index (κ3) is 4.15. The van der Waals surface area contributed by atoms with Gasteiger partial charge < -0.3 is 9.72 Å². The summed E-state index contributed by atoms with van der Waals surface area (Å²) in [7, 11) is 1.59. The van der Waals surface area contributed by atoms with Crippen molar-refractivity contribution in [3.8, 4) is 16.9 Å². The van der Waals surface area contributed by atoms with Gasteiger partial charge in [0.05, 0.1) is 24.4 Å². The summed E-state index contributed by atoms with van der Waals surface area (Å²) < 4.78 is 6.41. The summed E-state index contributed by atoms with van der Waals surface area (Å²) >= 11 is 10.2. The largest absolute Gasteiger partial charge is 0.496 e. The number of ether oxygens (including phenoxy) is 1. The van der Waals surface area contributed by atoms with Crippen molar-refractivity contribution in [2.75, 3.05) is 7.11 Å². The molecule has 0 bridgehead atoms. The number of H-pyrrole nitrogens is 1. The molecular weight excluding hydrogens is 530 g/mol. The molecule has 0 saturated heterocycles. The van der Waals surface area contributed by atoms with Crippen LogP contribution in [0.4, 0.5) is 0 Å². The van der Waals surface area contributed by atoms with E-state index in [0.717, 1.165) is 21.0 Å². The number of nitrogens with zero attached hydrogens (tertiary/aromatic N) is 2. The normalized spacial score (nSPS) is 15.4. The topological polar surface area (TPSA) is 74.8 Å². The summed E-state index contributed by atoms with van der Waals surface area (Å²) in [6.45, 7) is 1.46. The number of para-hydroxylation sites is 1. The van der Waals surface area contributed by atoms with Crippen LogP contribution in [0.1, 0.15) is 30.5 Å². The number of carbonyl (C=O) groups excluding carboxylic acids is 1. The first-order valence-electron chi connectivity index (χ1n) is 11.0. The number of halogens is 2. The summed E-state index contributed by atoms with van der Waals surface area (Å²) in [5, 5.41) is 7.43. The molecule has 5 rings (SSSR count). The standard InChI is InChI=1S/C27H21BrClN3O3/c1-15(33)32-23(18-8-4-6-10-24(18)35-2)14-22(31-32)26-25(17-7-3-5-9-20(17)29)19-13-16(28)11-12-21(19)30-27(26)34/h3-13,23H,14H2,1-2H3,(H,30,34). The summed E-state index contributed by atoms with van der Waals surface area (Å²) in [6.07, 6.45) is 0.347. The van der Waals surface area contributed by atoms with E-state index < -0.39 is 6.04 Å². The number of fused-ring (bicyclic) bond motifs is 1. The van der Waals surface area contributed by atoms with E-state index in [4.69, 9.17) is 16.3 Å². The van der Waals surface area contributed by atoms with Gasteiger partial charge in [-0.25, -0.2) is 5.01 Å². The zero-order valence-corrected chi connectivity index (χ0v) is 21.4. The zero-order chi connectivity index (χ0) is 24.7. The van der Waals surface area contributed by atoms with E-state index in [1.165, 1.54) is 11.9 Å². The van der Waals surface area contributed by atoms with Crippen LogP contribution in [0.3, 0.4) is 0 Å². The van der Waals surface area contributed by atoms with E-state index in [1.54, 1.807) is 13.2 Å². The van der Waals surface area contributed by atoms with Gasteiger partial charge in [-0.1, -0.05) is 63.9 Å². The van der Waals surface area contributed by atoms with Gasteiger partial charge in [0, 0.05) is 50.4 Å². The molecule has 1 N–H and O–H groups in total. The summed E-state index contributed by atoms with van der Waals surface area (Å²) in [4.78, 5) is 29.1. The fourth-order valence-corrected chi connectivity index (χ4v) is 5.21. The Morgan fingerprint density at radius 2 is 1.86 bits per heavy atom. The van der Waals surface area contributed by atoms with E-state index >= 15 is 0 Å². The SMILES string of the molecule is COc1ccccc1C1CC(c2c(-c3ccccc3Cl)c3cc(Br)ccc3[nH]c2=O)=NN1C(C)=O. The molecule has 0 fully saturated rings. The van der Waals surface area contributed by atoms with Crippen molar-refractivity contribution in [3.05, 3.63) is 97.7 Å². The second kappa shape index (κ2) is 9.32. The lowest BCUT2D eigenvalue weighted by Crippen LogP contribution is -2.24. The fraction of sp³-hybridized carbons (Fsp3) is 0.148. The summed E-state index contributed by atoms with van der Waals surface area (Å²) in [5.41, 5.74) is 3.51. The van der Waals surface area contributed by atoms with Gasteiger partial charge in [0.1, 0.15) is 5.75 Å². The lowest BCUT2D eigenvalue weighted by molar-refractivity contribution is -0.130. The number of aromatic nitrogens is 1. The Hall–Kier alpha value is -3.42. The molecule has 0 radical (unpaired) electrons. The van der Waals surface area contributed by atoms with Crippen LogP contribution in [-0.2, 0) is 4.79 Å². The van der Waals surface area contributed by atoms with Crippen molar-refractivity contribution in [2.45, 2.75) is 19.4 Å². The van der Waals surface area contributed by atoms with E-state index in [1.807, 2.05) is 60.7 Å². The van der Waals surface area contributed by atoms with Crippen LogP contribution in [0.5, 0.6) is 5.75 Å². The number of benzene rings is 3. The van der Waals surface area contributed by atoms with Gasteiger partial charge in [-0.3, -0.25) is 9.59 Å². The van der Waals surface area contributed by atoms with Crippen LogP contribution in [0.2, 0.25) is 5.02 Å². The Bertz CT molecular complexity index is 1560. The molecule has 1 atom stereocenters. The van der Waals surface area contributed by atoms with Crippen molar-refractivity contribution < 1.29 is 9.53 Å². The summed E-state index contributed by atoms with van der Waals surface area (Å²) in [5.74, 6) is 0.429. The Labute approximate surface area is 215 Å². The Balaban J connectivity index is 1.77. The molecule has 176 valence electrons. The minimum atomic E-state index is -0.407. The van der Waals surface area contributed by atoms with E-state index in [0.29, 0.717) is 39.5 Å². The number of hydrogen-bond donors (Lipinski definition) is 1. The number of amides is 1. The predicted molar refractivity (Wildman–Crippen MR) is 142 cm³/mol. The first-order valence-corrected chi connectivity index (χ1v) is 12.2. The zero-order valence-electron chi connectivity index (χ0n) is 19.0. The van der Waals surface area contributed by atoms with Crippen LogP contribution in [0.25, 0.3) is 22.0 Å². The highest BCUT2D eigenvalue weighted by atomic mass is 79.9. The predicted octanol–water partition coefficient (Wildman–Crippen LogP) is 6.32. The number of carbonyl (C=O) groups is 1. The highest BCUT2D eigenvalue weighted by molar-refractivity contribution is 9.10. The van der Waals surface area contributed by atoms with Gasteiger partial charge in [0.15, 0.2) is 0 Å². The molecule has 1 amide bonds. The molecule has 0 spiro atoms. The molecule has 1 aliphatic heterocycles. The van der Waals surface area contributed by atoms with Gasteiger partial charge in [-0.15, -0.1) is 0 Å². The Morgan fingerprint density at radius 3 is 2.60 bits per heavy atom. The van der Waals surface area contributed by atoms with Gasteiger partial charge in [-0.2, -0.15) is 5.10 Å². The Morgan fingerprint density at radius 1 is 1.11 bits per heavy atom. The van der Waals surface area contributed by atoms with Crippen LogP contribution >= 0.6 is 27.5 Å². The fourth-order valence-electron chi connectivity index (χ4n) is 4.62. The van der Waals surface area contributed by atoms with Crippen molar-refractivity contribution in [3.63, 3.8) is 0 Å². The summed E-state index contributed by atoms with van der Waals surface area (Å²) in [6, 6.07) is 20.2. The lowest BCUT2D eigenvalue weighted by Gasteiger charge is -2.22. The first kappa shape index (κ1) is 23.3. The molecule has 1 aromatic heterocycles. The van der Waals surface area contributed by atoms with Crippen LogP contribution in [0, 0.1) is 0 Å². The van der Waals surface area contributed by atoms with Gasteiger partial charge >= 0.3 is 0 Å². The highest BCUT2D eigenvalue weighted by Gasteiger charge is 2.35. The van der Waals surface area contributed by atoms with Gasteiger partial charge in [0.2, 0.25) is 5.91 Å². The maximum absolute atomic E-state index is 13.5. The molecule has 6 nitrogen and oxygen atoms in total. The van der Waals surface area contributed by atoms with Crippen LogP contribution in [0.15, 0.2) is 81.1 Å². The average Bonchev–Trinajstić information content (AvgIpc) is 3.29. The van der Waals surface area contributed by atoms with Crippen molar-refractivity contribution in [2.24, 2.45) is 5.10 Å². The number of rotatable bonds is 4. The molecule has 8 heteroatoms. The molecule has 0 saturated carbocycles. The first-order chi connectivity index (χ1) is 16.9. The maximum atomic E-state index is 13.5. The minimum Gasteiger partial charge on any atom is -0.496 e. The van der Waals surface area contributed by atoms with Crippen molar-refractivity contribution >= 4 is 50.1 Å². The molecule has 0 aliphatic carbocycles. The molecule has 2 heterocycles. The van der Waals surface area contributed by atoms with Gasteiger partial charge in [0.25, 0.3) is 5.56 Å². The Kier molecular flexibility index (Phi) is 6.21. The third-order valence-corrected chi connectivity index (χ3v) is 6.96. The van der Waals surface area contributed by atoms with Crippen LogP contribution < -0.4 is 10.3 Å².